The second-order valence-corrected chi connectivity index (χ2v) is 6.19. The van der Waals surface area contributed by atoms with E-state index in [4.69, 9.17) is 4.74 Å². The van der Waals surface area contributed by atoms with Gasteiger partial charge >= 0.3 is 12.0 Å². The van der Waals surface area contributed by atoms with Crippen LogP contribution in [0.15, 0.2) is 48.5 Å². The molecule has 148 valence electrons. The van der Waals surface area contributed by atoms with Gasteiger partial charge in [0.2, 0.25) is 0 Å². The quantitative estimate of drug-likeness (QED) is 0.610. The van der Waals surface area contributed by atoms with E-state index in [9.17, 15) is 14.4 Å². The molecule has 0 aliphatic rings. The van der Waals surface area contributed by atoms with Crippen molar-refractivity contribution in [3.05, 3.63) is 65.2 Å². The summed E-state index contributed by atoms with van der Waals surface area (Å²) in [6.07, 6.45) is 0.777. The highest BCUT2D eigenvalue weighted by Gasteiger charge is 2.12. The Morgan fingerprint density at radius 1 is 0.964 bits per heavy atom. The number of esters is 1. The number of rotatable bonds is 8. The van der Waals surface area contributed by atoms with Crippen LogP contribution in [0.4, 0.5) is 10.5 Å². The predicted molar refractivity (Wildman–Crippen MR) is 107 cm³/mol. The van der Waals surface area contributed by atoms with Crippen molar-refractivity contribution in [1.29, 1.82) is 0 Å². The molecule has 0 saturated carbocycles. The SMILES string of the molecule is CCc1cccc(C)c1NC(=O)COC(=O)CNC(=O)NCc1ccccc1. The highest BCUT2D eigenvalue weighted by Crippen LogP contribution is 2.20. The number of ether oxygens (including phenoxy) is 1. The molecule has 0 atom stereocenters. The van der Waals surface area contributed by atoms with E-state index in [1.54, 1.807) is 0 Å². The molecule has 0 saturated heterocycles. The first-order chi connectivity index (χ1) is 13.5. The van der Waals surface area contributed by atoms with Gasteiger partial charge in [-0.2, -0.15) is 0 Å². The molecule has 0 heterocycles. The molecule has 2 aromatic rings. The lowest BCUT2D eigenvalue weighted by Gasteiger charge is -2.13. The number of urea groups is 1. The number of para-hydroxylation sites is 1. The number of anilines is 1. The molecule has 7 nitrogen and oxygen atoms in total. The number of aryl methyl sites for hydroxylation is 2. The van der Waals surface area contributed by atoms with E-state index in [1.807, 2.05) is 62.4 Å². The summed E-state index contributed by atoms with van der Waals surface area (Å²) < 4.78 is 4.91. The summed E-state index contributed by atoms with van der Waals surface area (Å²) in [6.45, 7) is 3.51. The number of amides is 3. The van der Waals surface area contributed by atoms with Crippen molar-refractivity contribution in [2.75, 3.05) is 18.5 Å². The lowest BCUT2D eigenvalue weighted by molar-refractivity contribution is -0.146. The third kappa shape index (κ3) is 6.75. The molecule has 2 aromatic carbocycles. The van der Waals surface area contributed by atoms with Gasteiger partial charge in [0.15, 0.2) is 6.61 Å². The van der Waals surface area contributed by atoms with Crippen molar-refractivity contribution in [1.82, 2.24) is 10.6 Å². The predicted octanol–water partition coefficient (Wildman–Crippen LogP) is 2.54. The average molecular weight is 383 g/mol. The van der Waals surface area contributed by atoms with Crippen LogP contribution in [0.25, 0.3) is 0 Å². The summed E-state index contributed by atoms with van der Waals surface area (Å²) in [5.74, 6) is -1.11. The molecule has 0 aliphatic heterocycles. The van der Waals surface area contributed by atoms with Crippen LogP contribution >= 0.6 is 0 Å². The van der Waals surface area contributed by atoms with E-state index in [1.165, 1.54) is 0 Å². The molecule has 0 spiro atoms. The van der Waals surface area contributed by atoms with E-state index in [0.717, 1.165) is 28.8 Å². The Bertz CT molecular complexity index is 822. The van der Waals surface area contributed by atoms with Gasteiger partial charge in [-0.15, -0.1) is 0 Å². The fourth-order valence-corrected chi connectivity index (χ4v) is 2.57. The van der Waals surface area contributed by atoms with E-state index >= 15 is 0 Å². The highest BCUT2D eigenvalue weighted by molar-refractivity contribution is 5.94. The van der Waals surface area contributed by atoms with Crippen molar-refractivity contribution in [2.45, 2.75) is 26.8 Å². The van der Waals surface area contributed by atoms with E-state index < -0.39 is 24.5 Å². The summed E-state index contributed by atoms with van der Waals surface area (Å²) in [4.78, 5) is 35.5. The number of benzene rings is 2. The van der Waals surface area contributed by atoms with Crippen LogP contribution in [0.5, 0.6) is 0 Å². The van der Waals surface area contributed by atoms with Gasteiger partial charge in [0.1, 0.15) is 6.54 Å². The topological polar surface area (TPSA) is 96.5 Å². The van der Waals surface area contributed by atoms with Crippen LogP contribution < -0.4 is 16.0 Å². The Labute approximate surface area is 164 Å². The molecule has 7 heteroatoms. The summed E-state index contributed by atoms with van der Waals surface area (Å²) in [6, 6.07) is 14.7. The fraction of sp³-hybridized carbons (Fsp3) is 0.286. The smallest absolute Gasteiger partial charge is 0.325 e. The zero-order valence-electron chi connectivity index (χ0n) is 16.1. The molecular formula is C21H25N3O4. The average Bonchev–Trinajstić information content (AvgIpc) is 2.71. The first-order valence-electron chi connectivity index (χ1n) is 9.09. The number of nitrogens with one attached hydrogen (secondary N) is 3. The third-order valence-electron chi connectivity index (χ3n) is 4.06. The van der Waals surface area contributed by atoms with Gasteiger partial charge in [-0.05, 0) is 30.0 Å². The van der Waals surface area contributed by atoms with E-state index in [2.05, 4.69) is 16.0 Å². The molecule has 0 fully saturated rings. The Morgan fingerprint density at radius 2 is 1.71 bits per heavy atom. The first-order valence-corrected chi connectivity index (χ1v) is 9.09. The van der Waals surface area contributed by atoms with Crippen molar-refractivity contribution >= 4 is 23.6 Å². The molecule has 2 rings (SSSR count). The Kier molecular flexibility index (Phi) is 8.02. The van der Waals surface area contributed by atoms with Crippen LogP contribution in [0.3, 0.4) is 0 Å². The van der Waals surface area contributed by atoms with Crippen molar-refractivity contribution in [2.24, 2.45) is 0 Å². The normalized spacial score (nSPS) is 10.1. The van der Waals surface area contributed by atoms with E-state index in [0.29, 0.717) is 6.54 Å². The maximum atomic E-state index is 12.0. The van der Waals surface area contributed by atoms with Crippen molar-refractivity contribution in [3.63, 3.8) is 0 Å². The number of carbonyl (C=O) groups excluding carboxylic acids is 3. The number of hydrogen-bond donors (Lipinski definition) is 3. The van der Waals surface area contributed by atoms with Crippen molar-refractivity contribution < 1.29 is 19.1 Å². The molecular weight excluding hydrogens is 358 g/mol. The van der Waals surface area contributed by atoms with Crippen LogP contribution in [-0.4, -0.2) is 31.1 Å². The van der Waals surface area contributed by atoms with Gasteiger partial charge in [0, 0.05) is 12.2 Å². The number of hydrogen-bond acceptors (Lipinski definition) is 4. The van der Waals surface area contributed by atoms with Gasteiger partial charge in [0.05, 0.1) is 0 Å². The Balaban J connectivity index is 1.69. The monoisotopic (exact) mass is 383 g/mol. The summed E-state index contributed by atoms with van der Waals surface area (Å²) in [5.41, 5.74) is 3.64. The maximum Gasteiger partial charge on any atom is 0.325 e. The maximum absolute atomic E-state index is 12.0. The summed E-state index contributed by atoms with van der Waals surface area (Å²) in [7, 11) is 0. The van der Waals surface area contributed by atoms with Crippen LogP contribution in [0.2, 0.25) is 0 Å². The molecule has 28 heavy (non-hydrogen) atoms. The lowest BCUT2D eigenvalue weighted by atomic mass is 10.1. The van der Waals surface area contributed by atoms with Gasteiger partial charge in [-0.1, -0.05) is 55.5 Å². The largest absolute Gasteiger partial charge is 0.454 e. The van der Waals surface area contributed by atoms with Gasteiger partial charge < -0.3 is 20.7 Å². The van der Waals surface area contributed by atoms with Crippen LogP contribution in [0.1, 0.15) is 23.6 Å². The molecule has 3 amide bonds. The minimum Gasteiger partial charge on any atom is -0.454 e. The molecule has 0 unspecified atom stereocenters. The third-order valence-corrected chi connectivity index (χ3v) is 4.06. The molecule has 0 aromatic heterocycles. The summed E-state index contributed by atoms with van der Waals surface area (Å²) >= 11 is 0. The summed E-state index contributed by atoms with van der Waals surface area (Å²) in [5, 5.41) is 7.80. The highest BCUT2D eigenvalue weighted by atomic mass is 16.5. The fourth-order valence-electron chi connectivity index (χ4n) is 2.57. The molecule has 0 radical (unpaired) electrons. The zero-order chi connectivity index (χ0) is 20.4. The number of carbonyl (C=O) groups is 3. The molecule has 0 bridgehead atoms. The molecule has 0 aliphatic carbocycles. The first kappa shape index (κ1) is 21.0. The van der Waals surface area contributed by atoms with Crippen molar-refractivity contribution in [3.8, 4) is 0 Å². The lowest BCUT2D eigenvalue weighted by Crippen LogP contribution is -2.39. The minimum atomic E-state index is -0.689. The van der Waals surface area contributed by atoms with E-state index in [-0.39, 0.29) is 6.54 Å². The second kappa shape index (κ2) is 10.7. The van der Waals surface area contributed by atoms with Crippen LogP contribution in [-0.2, 0) is 27.3 Å². The van der Waals surface area contributed by atoms with Gasteiger partial charge in [-0.25, -0.2) is 4.79 Å². The zero-order valence-corrected chi connectivity index (χ0v) is 16.1. The Hall–Kier alpha value is -3.35. The minimum absolute atomic E-state index is 0.321. The van der Waals surface area contributed by atoms with Crippen LogP contribution in [0, 0.1) is 6.92 Å². The second-order valence-electron chi connectivity index (χ2n) is 6.19. The Morgan fingerprint density at radius 3 is 2.43 bits per heavy atom. The van der Waals surface area contributed by atoms with Gasteiger partial charge in [0.25, 0.3) is 5.91 Å². The molecule has 3 N–H and O–H groups in total. The van der Waals surface area contributed by atoms with Gasteiger partial charge in [-0.3, -0.25) is 9.59 Å². The standard InChI is InChI=1S/C21H25N3O4/c1-3-17-11-7-8-15(2)20(17)24-18(25)14-28-19(26)13-23-21(27)22-12-16-9-5-4-6-10-16/h4-11H,3,12-14H2,1-2H3,(H,24,25)(H2,22,23,27).